The standard InChI is InChI=1S/C23H25N3O5/c1-26(23(29)17-10-11-19(25-15-17)20-8-6-14-30-20)16-18-7-5-12-24-22(18)31-13-4-2-3-9-21(27)28/h5-8,10-12,14-15H,2-4,9,13,16H2,1H3,(H,27,28)/i1D3. The average Bonchev–Trinajstić information content (AvgIpc) is 3.34. The number of hydrogen-bond acceptors (Lipinski definition) is 6. The van der Waals surface area contributed by atoms with Gasteiger partial charge in [0.05, 0.1) is 25.0 Å². The lowest BCUT2D eigenvalue weighted by atomic mass is 10.2. The number of amides is 1. The van der Waals surface area contributed by atoms with E-state index in [1.807, 2.05) is 0 Å². The summed E-state index contributed by atoms with van der Waals surface area (Å²) < 4.78 is 34.6. The van der Waals surface area contributed by atoms with Crippen molar-refractivity contribution in [1.29, 1.82) is 0 Å². The van der Waals surface area contributed by atoms with Crippen LogP contribution in [0.4, 0.5) is 0 Å². The Morgan fingerprint density at radius 2 is 2.06 bits per heavy atom. The van der Waals surface area contributed by atoms with Crippen LogP contribution in [0.25, 0.3) is 11.5 Å². The monoisotopic (exact) mass is 426 g/mol. The van der Waals surface area contributed by atoms with Crippen molar-refractivity contribution in [1.82, 2.24) is 14.9 Å². The van der Waals surface area contributed by atoms with Gasteiger partial charge in [-0.25, -0.2) is 4.98 Å². The zero-order valence-electron chi connectivity index (χ0n) is 19.9. The van der Waals surface area contributed by atoms with E-state index in [0.29, 0.717) is 42.9 Å². The molecule has 1 N–H and O–H groups in total. The molecule has 0 bridgehead atoms. The highest BCUT2D eigenvalue weighted by molar-refractivity contribution is 5.94. The normalized spacial score (nSPS) is 12.5. The Labute approximate surface area is 184 Å². The highest BCUT2D eigenvalue weighted by atomic mass is 16.5. The molecule has 3 rings (SSSR count). The summed E-state index contributed by atoms with van der Waals surface area (Å²) in [6.45, 7) is -2.65. The number of ether oxygens (including phenoxy) is 1. The van der Waals surface area contributed by atoms with Crippen LogP contribution in [0.3, 0.4) is 0 Å². The van der Waals surface area contributed by atoms with E-state index in [2.05, 4.69) is 9.97 Å². The summed E-state index contributed by atoms with van der Waals surface area (Å²) in [5.74, 6) is -0.781. The fourth-order valence-electron chi connectivity index (χ4n) is 2.89. The molecule has 0 spiro atoms. The number of carbonyl (C=O) groups is 2. The zero-order valence-corrected chi connectivity index (χ0v) is 16.9. The third-order valence-corrected chi connectivity index (χ3v) is 4.48. The first-order valence-corrected chi connectivity index (χ1v) is 9.86. The molecule has 3 aromatic heterocycles. The topological polar surface area (TPSA) is 106 Å². The zero-order chi connectivity index (χ0) is 24.6. The second kappa shape index (κ2) is 10.9. The molecule has 31 heavy (non-hydrogen) atoms. The van der Waals surface area contributed by atoms with Crippen LogP contribution in [0.1, 0.15) is 45.7 Å². The van der Waals surface area contributed by atoms with Crippen LogP contribution in [0.15, 0.2) is 59.5 Å². The lowest BCUT2D eigenvalue weighted by Gasteiger charge is -2.19. The molecule has 0 saturated heterocycles. The Hall–Kier alpha value is -3.68. The summed E-state index contributed by atoms with van der Waals surface area (Å²) in [4.78, 5) is 32.8. The molecule has 1 amide bonds. The number of aromatic nitrogens is 2. The molecule has 3 heterocycles. The van der Waals surface area contributed by atoms with Crippen molar-refractivity contribution in [2.75, 3.05) is 13.6 Å². The summed E-state index contributed by atoms with van der Waals surface area (Å²) in [6.07, 6.45) is 6.28. The number of unbranched alkanes of at least 4 members (excludes halogenated alkanes) is 2. The van der Waals surface area contributed by atoms with Crippen molar-refractivity contribution in [3.8, 4) is 17.3 Å². The van der Waals surface area contributed by atoms with Gasteiger partial charge >= 0.3 is 5.97 Å². The number of furan rings is 1. The molecular weight excluding hydrogens is 398 g/mol. The number of hydrogen-bond donors (Lipinski definition) is 1. The van der Waals surface area contributed by atoms with E-state index in [4.69, 9.17) is 18.4 Å². The maximum Gasteiger partial charge on any atom is 0.303 e. The van der Waals surface area contributed by atoms with E-state index in [1.165, 1.54) is 24.7 Å². The molecule has 0 aliphatic heterocycles. The highest BCUT2D eigenvalue weighted by Gasteiger charge is 2.16. The fraction of sp³-hybridized carbons (Fsp3) is 0.304. The van der Waals surface area contributed by atoms with Crippen LogP contribution in [-0.4, -0.2) is 45.4 Å². The first kappa shape index (κ1) is 18.1. The van der Waals surface area contributed by atoms with Gasteiger partial charge in [0.2, 0.25) is 5.88 Å². The Kier molecular flexibility index (Phi) is 6.38. The summed E-state index contributed by atoms with van der Waals surface area (Å²) in [5, 5.41) is 8.69. The van der Waals surface area contributed by atoms with Crippen molar-refractivity contribution in [2.45, 2.75) is 32.2 Å². The Morgan fingerprint density at radius 1 is 1.16 bits per heavy atom. The maximum atomic E-state index is 13.1. The number of carboxylic acids is 1. The van der Waals surface area contributed by atoms with Crippen molar-refractivity contribution >= 4 is 11.9 Å². The Bertz CT molecular complexity index is 1090. The average molecular weight is 426 g/mol. The lowest BCUT2D eigenvalue weighted by Crippen LogP contribution is -2.26. The Morgan fingerprint density at radius 3 is 2.77 bits per heavy atom. The summed E-state index contributed by atoms with van der Waals surface area (Å²) in [6, 6.07) is 9.83. The minimum absolute atomic E-state index is 0.0990. The van der Waals surface area contributed by atoms with Crippen molar-refractivity contribution in [2.24, 2.45) is 0 Å². The van der Waals surface area contributed by atoms with Crippen LogP contribution in [-0.2, 0) is 11.3 Å². The Balaban J connectivity index is 1.69. The predicted octanol–water partition coefficient (Wildman–Crippen LogP) is 4.03. The molecule has 3 aromatic rings. The second-order valence-corrected chi connectivity index (χ2v) is 6.82. The molecule has 0 aliphatic rings. The van der Waals surface area contributed by atoms with Gasteiger partial charge in [-0.1, -0.05) is 6.07 Å². The predicted molar refractivity (Wildman–Crippen MR) is 114 cm³/mol. The minimum Gasteiger partial charge on any atom is -0.481 e. The summed E-state index contributed by atoms with van der Waals surface area (Å²) in [7, 11) is 0. The van der Waals surface area contributed by atoms with Gasteiger partial charge < -0.3 is 19.2 Å². The van der Waals surface area contributed by atoms with Crippen molar-refractivity contribution in [3.05, 3.63) is 66.2 Å². The van der Waals surface area contributed by atoms with Crippen LogP contribution in [0, 0.1) is 0 Å². The number of pyridine rings is 2. The SMILES string of the molecule is [2H]C([2H])([2H])N(Cc1cccnc1OCCCCCC(=O)O)C(=O)c1ccc(-c2ccco2)nc1. The molecule has 0 saturated carbocycles. The van der Waals surface area contributed by atoms with E-state index >= 15 is 0 Å². The minimum atomic E-state index is -2.71. The maximum absolute atomic E-state index is 13.1. The largest absolute Gasteiger partial charge is 0.481 e. The van der Waals surface area contributed by atoms with Gasteiger partial charge in [-0.05, 0) is 49.6 Å². The van der Waals surface area contributed by atoms with E-state index in [-0.39, 0.29) is 24.4 Å². The summed E-state index contributed by atoms with van der Waals surface area (Å²) >= 11 is 0. The van der Waals surface area contributed by atoms with Gasteiger partial charge in [0.25, 0.3) is 5.91 Å². The molecule has 8 heteroatoms. The van der Waals surface area contributed by atoms with Gasteiger partial charge in [0.1, 0.15) is 5.69 Å². The number of aliphatic carboxylic acids is 1. The van der Waals surface area contributed by atoms with Crippen LogP contribution < -0.4 is 4.74 Å². The molecule has 0 unspecified atom stereocenters. The van der Waals surface area contributed by atoms with Crippen LogP contribution in [0.2, 0.25) is 0 Å². The first-order chi connectivity index (χ1) is 16.3. The lowest BCUT2D eigenvalue weighted by molar-refractivity contribution is -0.137. The number of nitrogens with zero attached hydrogens (tertiary/aromatic N) is 3. The molecule has 0 atom stereocenters. The third kappa shape index (κ3) is 6.40. The molecule has 0 aliphatic carbocycles. The highest BCUT2D eigenvalue weighted by Crippen LogP contribution is 2.20. The van der Waals surface area contributed by atoms with Crippen LogP contribution in [0.5, 0.6) is 5.88 Å². The molecule has 0 fully saturated rings. The number of rotatable bonds is 11. The van der Waals surface area contributed by atoms with Crippen molar-refractivity contribution < 1.29 is 28.0 Å². The fourth-order valence-corrected chi connectivity index (χ4v) is 2.89. The molecule has 0 aromatic carbocycles. The molecule has 8 nitrogen and oxygen atoms in total. The first-order valence-electron chi connectivity index (χ1n) is 11.4. The quantitative estimate of drug-likeness (QED) is 0.461. The van der Waals surface area contributed by atoms with E-state index < -0.39 is 18.9 Å². The van der Waals surface area contributed by atoms with E-state index in [1.54, 1.807) is 30.3 Å². The number of carbonyl (C=O) groups excluding carboxylic acids is 1. The summed E-state index contributed by atoms with van der Waals surface area (Å²) in [5.41, 5.74) is 1.09. The van der Waals surface area contributed by atoms with E-state index in [9.17, 15) is 9.59 Å². The molecular formula is C23H25N3O5. The van der Waals surface area contributed by atoms with Crippen LogP contribution >= 0.6 is 0 Å². The third-order valence-electron chi connectivity index (χ3n) is 4.48. The van der Waals surface area contributed by atoms with Gasteiger partial charge in [-0.3, -0.25) is 14.6 Å². The van der Waals surface area contributed by atoms with Gasteiger partial charge in [-0.2, -0.15) is 0 Å². The molecule has 162 valence electrons. The van der Waals surface area contributed by atoms with Gasteiger partial charge in [0.15, 0.2) is 5.76 Å². The van der Waals surface area contributed by atoms with Gasteiger partial charge in [0, 0.05) is 35.5 Å². The van der Waals surface area contributed by atoms with E-state index in [0.717, 1.165) is 4.90 Å². The number of carboxylic acid groups (broad SMARTS) is 1. The second-order valence-electron chi connectivity index (χ2n) is 6.82. The van der Waals surface area contributed by atoms with Crippen molar-refractivity contribution in [3.63, 3.8) is 0 Å². The van der Waals surface area contributed by atoms with Gasteiger partial charge in [-0.15, -0.1) is 0 Å². The molecule has 0 radical (unpaired) electrons. The smallest absolute Gasteiger partial charge is 0.303 e.